The van der Waals surface area contributed by atoms with Gasteiger partial charge in [-0.2, -0.15) is 0 Å². The van der Waals surface area contributed by atoms with Gasteiger partial charge in [0.1, 0.15) is 0 Å². The Bertz CT molecular complexity index is 543. The number of nitrogens with zero attached hydrogens (tertiary/aromatic N) is 1. The maximum Gasteiger partial charge on any atom is 0.308 e. The summed E-state index contributed by atoms with van der Waals surface area (Å²) in [6, 6.07) is 6.24. The SMILES string of the molecule is CCn1c(=O)sc2cc(CCCCl)ccc21. The molecule has 0 aliphatic rings. The van der Waals surface area contributed by atoms with Gasteiger partial charge < -0.3 is 0 Å². The molecule has 0 atom stereocenters. The van der Waals surface area contributed by atoms with Crippen LogP contribution in [0.25, 0.3) is 10.2 Å². The van der Waals surface area contributed by atoms with Crippen molar-refractivity contribution in [1.82, 2.24) is 4.57 Å². The molecule has 2 aromatic rings. The van der Waals surface area contributed by atoms with Crippen molar-refractivity contribution >= 4 is 33.2 Å². The predicted molar refractivity (Wildman–Crippen MR) is 70.8 cm³/mol. The second-order valence-electron chi connectivity index (χ2n) is 3.71. The number of benzene rings is 1. The van der Waals surface area contributed by atoms with E-state index < -0.39 is 0 Å². The molecule has 0 amide bonds. The number of hydrogen-bond donors (Lipinski definition) is 0. The van der Waals surface area contributed by atoms with Crippen LogP contribution in [0.5, 0.6) is 0 Å². The number of aryl methyl sites for hydroxylation is 2. The average Bonchev–Trinajstić information content (AvgIpc) is 2.60. The highest BCUT2D eigenvalue weighted by molar-refractivity contribution is 7.16. The van der Waals surface area contributed by atoms with Crippen LogP contribution >= 0.6 is 22.9 Å². The Hall–Kier alpha value is -0.800. The quantitative estimate of drug-likeness (QED) is 0.769. The molecule has 1 aromatic heterocycles. The van der Waals surface area contributed by atoms with Crippen LogP contribution in [0.3, 0.4) is 0 Å². The zero-order valence-corrected chi connectivity index (χ0v) is 10.8. The number of thiazole rings is 1. The molecular weight excluding hydrogens is 242 g/mol. The molecule has 2 nitrogen and oxygen atoms in total. The molecule has 1 aromatic carbocycles. The molecule has 0 spiro atoms. The minimum absolute atomic E-state index is 0.131. The maximum absolute atomic E-state index is 11.7. The van der Waals surface area contributed by atoms with Crippen molar-refractivity contribution in [1.29, 1.82) is 0 Å². The van der Waals surface area contributed by atoms with Gasteiger partial charge >= 0.3 is 4.87 Å². The number of alkyl halides is 1. The molecule has 4 heteroatoms. The van der Waals surface area contributed by atoms with Crippen LogP contribution in [0.2, 0.25) is 0 Å². The molecule has 0 N–H and O–H groups in total. The van der Waals surface area contributed by atoms with E-state index in [1.54, 1.807) is 0 Å². The van der Waals surface area contributed by atoms with Crippen LogP contribution in [0.1, 0.15) is 18.9 Å². The van der Waals surface area contributed by atoms with E-state index in [9.17, 15) is 4.79 Å². The smallest absolute Gasteiger partial charge is 0.299 e. The van der Waals surface area contributed by atoms with Gasteiger partial charge in [0.05, 0.1) is 10.2 Å². The molecule has 2 rings (SSSR count). The number of halogens is 1. The molecule has 16 heavy (non-hydrogen) atoms. The molecule has 86 valence electrons. The van der Waals surface area contributed by atoms with Gasteiger partial charge in [-0.15, -0.1) is 11.6 Å². The molecule has 0 radical (unpaired) electrons. The van der Waals surface area contributed by atoms with Gasteiger partial charge in [0.15, 0.2) is 0 Å². The first-order valence-corrected chi connectivity index (χ1v) is 6.79. The fraction of sp³-hybridized carbons (Fsp3) is 0.417. The first kappa shape index (κ1) is 11.7. The highest BCUT2D eigenvalue weighted by Crippen LogP contribution is 2.19. The van der Waals surface area contributed by atoms with Crippen molar-refractivity contribution in [2.24, 2.45) is 0 Å². The van der Waals surface area contributed by atoms with E-state index >= 15 is 0 Å². The van der Waals surface area contributed by atoms with Gasteiger partial charge in [-0.25, -0.2) is 0 Å². The van der Waals surface area contributed by atoms with Crippen LogP contribution in [-0.4, -0.2) is 10.4 Å². The third-order valence-electron chi connectivity index (χ3n) is 2.65. The van der Waals surface area contributed by atoms with Crippen molar-refractivity contribution in [2.75, 3.05) is 5.88 Å². The number of rotatable bonds is 4. The lowest BCUT2D eigenvalue weighted by atomic mass is 10.1. The predicted octanol–water partition coefficient (Wildman–Crippen LogP) is 3.25. The summed E-state index contributed by atoms with van der Waals surface area (Å²) in [7, 11) is 0. The summed E-state index contributed by atoms with van der Waals surface area (Å²) >= 11 is 7.00. The van der Waals surface area contributed by atoms with E-state index in [0.29, 0.717) is 5.88 Å². The van der Waals surface area contributed by atoms with Gasteiger partial charge in [0, 0.05) is 12.4 Å². The van der Waals surface area contributed by atoms with Crippen molar-refractivity contribution in [3.05, 3.63) is 33.4 Å². The fourth-order valence-corrected chi connectivity index (χ4v) is 2.99. The van der Waals surface area contributed by atoms with Gasteiger partial charge in [-0.1, -0.05) is 17.4 Å². The van der Waals surface area contributed by atoms with Gasteiger partial charge in [0.25, 0.3) is 0 Å². The Morgan fingerprint density at radius 1 is 1.44 bits per heavy atom. The molecule has 0 aliphatic carbocycles. The Balaban J connectivity index is 2.43. The highest BCUT2D eigenvalue weighted by Gasteiger charge is 2.06. The van der Waals surface area contributed by atoms with Crippen molar-refractivity contribution in [2.45, 2.75) is 26.3 Å². The second-order valence-corrected chi connectivity index (χ2v) is 5.08. The summed E-state index contributed by atoms with van der Waals surface area (Å²) in [6.45, 7) is 2.73. The van der Waals surface area contributed by atoms with E-state index in [0.717, 1.165) is 29.6 Å². The van der Waals surface area contributed by atoms with Crippen LogP contribution in [-0.2, 0) is 13.0 Å². The lowest BCUT2D eigenvalue weighted by Gasteiger charge is -2.01. The van der Waals surface area contributed by atoms with E-state index in [1.165, 1.54) is 16.9 Å². The fourth-order valence-electron chi connectivity index (χ4n) is 1.84. The molecule has 0 saturated heterocycles. The van der Waals surface area contributed by atoms with Gasteiger partial charge in [0.2, 0.25) is 0 Å². The second kappa shape index (κ2) is 5.02. The lowest BCUT2D eigenvalue weighted by molar-refractivity contribution is 0.778. The first-order chi connectivity index (χ1) is 7.76. The molecule has 0 bridgehead atoms. The number of aromatic nitrogens is 1. The Morgan fingerprint density at radius 2 is 2.25 bits per heavy atom. The van der Waals surface area contributed by atoms with E-state index in [1.807, 2.05) is 17.6 Å². The lowest BCUT2D eigenvalue weighted by Crippen LogP contribution is -2.10. The Morgan fingerprint density at radius 3 is 2.94 bits per heavy atom. The van der Waals surface area contributed by atoms with Crippen molar-refractivity contribution in [3.63, 3.8) is 0 Å². The van der Waals surface area contributed by atoms with Crippen LogP contribution in [0.15, 0.2) is 23.0 Å². The largest absolute Gasteiger partial charge is 0.308 e. The Kier molecular flexibility index (Phi) is 3.66. The maximum atomic E-state index is 11.7. The molecule has 0 fully saturated rings. The summed E-state index contributed by atoms with van der Waals surface area (Å²) in [5.41, 5.74) is 2.31. The topological polar surface area (TPSA) is 22.0 Å². The average molecular weight is 256 g/mol. The van der Waals surface area contributed by atoms with Crippen molar-refractivity contribution in [3.8, 4) is 0 Å². The third-order valence-corrected chi connectivity index (χ3v) is 3.86. The molecular formula is C12H14ClNOS. The summed E-state index contributed by atoms with van der Waals surface area (Å²) < 4.78 is 2.89. The molecule has 0 saturated carbocycles. The van der Waals surface area contributed by atoms with Crippen LogP contribution in [0, 0.1) is 0 Å². The molecule has 1 heterocycles. The van der Waals surface area contributed by atoms with Crippen LogP contribution < -0.4 is 4.87 Å². The molecule has 0 aliphatic heterocycles. The Labute approximate surface area is 103 Å². The van der Waals surface area contributed by atoms with Gasteiger partial charge in [-0.05, 0) is 37.5 Å². The van der Waals surface area contributed by atoms with Crippen LogP contribution in [0.4, 0.5) is 0 Å². The first-order valence-electron chi connectivity index (χ1n) is 5.44. The standard InChI is InChI=1S/C12H14ClNOS/c1-2-14-10-6-5-9(4-3-7-13)8-11(10)16-12(14)15/h5-6,8H,2-4,7H2,1H3. The van der Waals surface area contributed by atoms with Crippen molar-refractivity contribution < 1.29 is 0 Å². The minimum atomic E-state index is 0.131. The van der Waals surface area contributed by atoms with E-state index in [2.05, 4.69) is 12.1 Å². The minimum Gasteiger partial charge on any atom is -0.299 e. The summed E-state index contributed by atoms with van der Waals surface area (Å²) in [6.07, 6.45) is 1.97. The number of fused-ring (bicyclic) bond motifs is 1. The highest BCUT2D eigenvalue weighted by atomic mass is 35.5. The zero-order valence-electron chi connectivity index (χ0n) is 9.20. The van der Waals surface area contributed by atoms with E-state index in [4.69, 9.17) is 11.6 Å². The molecule has 0 unspecified atom stereocenters. The monoisotopic (exact) mass is 255 g/mol. The number of hydrogen-bond acceptors (Lipinski definition) is 2. The summed E-state index contributed by atoms with van der Waals surface area (Å²) in [5, 5.41) is 0. The zero-order chi connectivity index (χ0) is 11.5. The normalized spacial score (nSPS) is 11.1. The summed E-state index contributed by atoms with van der Waals surface area (Å²) in [4.78, 5) is 11.8. The summed E-state index contributed by atoms with van der Waals surface area (Å²) in [5.74, 6) is 0.685. The third kappa shape index (κ3) is 2.15. The van der Waals surface area contributed by atoms with E-state index in [-0.39, 0.29) is 4.87 Å². The van der Waals surface area contributed by atoms with Gasteiger partial charge in [-0.3, -0.25) is 9.36 Å².